The third-order valence-electron chi connectivity index (χ3n) is 2.19. The van der Waals surface area contributed by atoms with Gasteiger partial charge < -0.3 is 10.6 Å². The Bertz CT molecular complexity index is 445. The minimum Gasteiger partial charge on any atom is -0.341 e. The maximum Gasteiger partial charge on any atom is 0.251 e. The smallest absolute Gasteiger partial charge is 0.251 e. The quantitative estimate of drug-likeness (QED) is 0.759. The van der Waals surface area contributed by atoms with Crippen LogP contribution in [0.25, 0.3) is 0 Å². The fourth-order valence-corrected chi connectivity index (χ4v) is 1.76. The Morgan fingerprint density at radius 2 is 2.27 bits per heavy atom. The number of rotatable bonds is 1. The highest BCUT2D eigenvalue weighted by Gasteiger charge is 2.30. The van der Waals surface area contributed by atoms with Gasteiger partial charge >= 0.3 is 0 Å². The molecule has 2 N–H and O–H groups in total. The molecule has 4 nitrogen and oxygen atoms in total. The summed E-state index contributed by atoms with van der Waals surface area (Å²) in [6.07, 6.45) is 0. The lowest BCUT2D eigenvalue weighted by Crippen LogP contribution is -2.30. The molecule has 1 heterocycles. The van der Waals surface area contributed by atoms with E-state index in [0.717, 1.165) is 0 Å². The summed E-state index contributed by atoms with van der Waals surface area (Å²) in [6, 6.07) is 4.46. The summed E-state index contributed by atoms with van der Waals surface area (Å²) in [4.78, 5) is 22.4. The number of halogens is 1. The second-order valence-electron chi connectivity index (χ2n) is 3.35. The van der Waals surface area contributed by atoms with Crippen molar-refractivity contribution >= 4 is 29.1 Å². The van der Waals surface area contributed by atoms with Gasteiger partial charge in [-0.2, -0.15) is 0 Å². The third-order valence-corrected chi connectivity index (χ3v) is 2.43. The van der Waals surface area contributed by atoms with E-state index in [9.17, 15) is 9.59 Å². The highest BCUT2D eigenvalue weighted by Crippen LogP contribution is 2.32. The topological polar surface area (TPSA) is 58.2 Å². The van der Waals surface area contributed by atoms with E-state index in [1.54, 1.807) is 18.2 Å². The number of amides is 2. The monoisotopic (exact) mass is 224 g/mol. The van der Waals surface area contributed by atoms with Crippen LogP contribution in [0.15, 0.2) is 18.2 Å². The predicted octanol–water partition coefficient (Wildman–Crippen LogP) is 1.47. The average Bonchev–Trinajstić information content (AvgIpc) is 2.43. The van der Waals surface area contributed by atoms with Crippen LogP contribution in [0.3, 0.4) is 0 Å². The van der Waals surface area contributed by atoms with Crippen LogP contribution in [0.2, 0.25) is 5.02 Å². The summed E-state index contributed by atoms with van der Waals surface area (Å²) < 4.78 is 0. The first-order valence-corrected chi connectivity index (χ1v) is 4.83. The summed E-state index contributed by atoms with van der Waals surface area (Å²) in [5, 5.41) is 5.78. The largest absolute Gasteiger partial charge is 0.341 e. The van der Waals surface area contributed by atoms with Crippen molar-refractivity contribution in [3.8, 4) is 0 Å². The number of anilines is 1. The molecule has 2 amide bonds. The second kappa shape index (κ2) is 3.55. The minimum atomic E-state index is -0.629. The predicted molar refractivity (Wildman–Crippen MR) is 56.6 cm³/mol. The Kier molecular flexibility index (Phi) is 2.36. The van der Waals surface area contributed by atoms with Gasteiger partial charge in [-0.25, -0.2) is 0 Å². The second-order valence-corrected chi connectivity index (χ2v) is 3.79. The first-order chi connectivity index (χ1) is 7.08. The molecular formula is C10H9ClN2O2. The molecule has 2 rings (SSSR count). The number of fused-ring (bicyclic) bond motifs is 1. The molecule has 0 bridgehead atoms. The number of carbonyl (C=O) groups is 2. The van der Waals surface area contributed by atoms with Crippen LogP contribution in [0.1, 0.15) is 18.5 Å². The summed E-state index contributed by atoms with van der Waals surface area (Å²) >= 11 is 5.82. The lowest BCUT2D eigenvalue weighted by Gasteiger charge is -2.09. The summed E-state index contributed by atoms with van der Waals surface area (Å²) in [5.74, 6) is -0.481. The van der Waals surface area contributed by atoms with Crippen LogP contribution in [0, 0.1) is 0 Å². The van der Waals surface area contributed by atoms with Crippen molar-refractivity contribution in [1.29, 1.82) is 0 Å². The fraction of sp³-hybridized carbons (Fsp3) is 0.200. The third kappa shape index (κ3) is 1.80. The highest BCUT2D eigenvalue weighted by molar-refractivity contribution is 6.31. The van der Waals surface area contributed by atoms with Crippen molar-refractivity contribution in [2.75, 3.05) is 5.32 Å². The number of benzene rings is 1. The molecule has 0 aliphatic carbocycles. The first kappa shape index (κ1) is 9.98. The molecule has 5 heteroatoms. The van der Waals surface area contributed by atoms with Crippen molar-refractivity contribution in [2.45, 2.75) is 13.0 Å². The number of hydrogen-bond donors (Lipinski definition) is 2. The van der Waals surface area contributed by atoms with Gasteiger partial charge in [-0.1, -0.05) is 11.6 Å². The summed E-state index contributed by atoms with van der Waals surface area (Å²) in [7, 11) is 0. The Labute approximate surface area is 91.6 Å². The Morgan fingerprint density at radius 1 is 1.53 bits per heavy atom. The lowest BCUT2D eigenvalue weighted by molar-refractivity contribution is -0.124. The molecule has 1 aliphatic rings. The number of nitrogens with one attached hydrogen (secondary N) is 2. The lowest BCUT2D eigenvalue weighted by atomic mass is 10.1. The maximum absolute atomic E-state index is 11.5. The summed E-state index contributed by atoms with van der Waals surface area (Å²) in [5.41, 5.74) is 1.41. The molecule has 15 heavy (non-hydrogen) atoms. The molecule has 1 atom stereocenters. The van der Waals surface area contributed by atoms with Gasteiger partial charge in [0.25, 0.3) is 5.91 Å². The van der Waals surface area contributed by atoms with Gasteiger partial charge in [-0.15, -0.1) is 0 Å². The molecule has 0 fully saturated rings. The Balaban J connectivity index is 2.39. The number of hydrogen-bond acceptors (Lipinski definition) is 2. The minimum absolute atomic E-state index is 0.234. The van der Waals surface area contributed by atoms with Gasteiger partial charge in [0.05, 0.1) is 0 Å². The van der Waals surface area contributed by atoms with E-state index in [1.807, 2.05) is 0 Å². The normalized spacial score (nSPS) is 18.3. The van der Waals surface area contributed by atoms with E-state index in [1.165, 1.54) is 6.92 Å². The molecule has 1 aliphatic heterocycles. The van der Waals surface area contributed by atoms with Crippen molar-refractivity contribution < 1.29 is 9.59 Å². The maximum atomic E-state index is 11.5. The molecule has 0 aromatic heterocycles. The molecule has 0 spiro atoms. The van der Waals surface area contributed by atoms with E-state index >= 15 is 0 Å². The van der Waals surface area contributed by atoms with Crippen LogP contribution in [-0.2, 0) is 9.59 Å². The Morgan fingerprint density at radius 3 is 2.93 bits per heavy atom. The average molecular weight is 225 g/mol. The number of carbonyl (C=O) groups excluding carboxylic acids is 2. The summed E-state index contributed by atoms with van der Waals surface area (Å²) in [6.45, 7) is 1.37. The molecule has 1 aromatic rings. The zero-order chi connectivity index (χ0) is 11.0. The van der Waals surface area contributed by atoms with Gasteiger partial charge in [0, 0.05) is 23.2 Å². The van der Waals surface area contributed by atoms with E-state index in [-0.39, 0.29) is 11.8 Å². The SMILES string of the molecule is CC(=O)N[C@H]1C(=O)Nc2ccc(Cl)cc21. The van der Waals surface area contributed by atoms with Crippen molar-refractivity contribution in [2.24, 2.45) is 0 Å². The molecule has 1 aromatic carbocycles. The molecule has 0 unspecified atom stereocenters. The van der Waals surface area contributed by atoms with Crippen molar-refractivity contribution in [3.05, 3.63) is 28.8 Å². The van der Waals surface area contributed by atoms with E-state index in [2.05, 4.69) is 10.6 Å². The van der Waals surface area contributed by atoms with E-state index in [0.29, 0.717) is 16.3 Å². The van der Waals surface area contributed by atoms with Crippen LogP contribution < -0.4 is 10.6 Å². The molecule has 0 saturated heterocycles. The van der Waals surface area contributed by atoms with Crippen molar-refractivity contribution in [1.82, 2.24) is 5.32 Å². The van der Waals surface area contributed by atoms with Gasteiger partial charge in [-0.05, 0) is 18.2 Å². The Hall–Kier alpha value is -1.55. The van der Waals surface area contributed by atoms with E-state index < -0.39 is 6.04 Å². The van der Waals surface area contributed by atoms with E-state index in [4.69, 9.17) is 11.6 Å². The molecule has 0 saturated carbocycles. The van der Waals surface area contributed by atoms with Gasteiger partial charge in [-0.3, -0.25) is 9.59 Å². The first-order valence-electron chi connectivity index (χ1n) is 4.45. The van der Waals surface area contributed by atoms with Gasteiger partial charge in [0.2, 0.25) is 5.91 Å². The molecular weight excluding hydrogens is 216 g/mol. The highest BCUT2D eigenvalue weighted by atomic mass is 35.5. The van der Waals surface area contributed by atoms with Crippen molar-refractivity contribution in [3.63, 3.8) is 0 Å². The van der Waals surface area contributed by atoms with Crippen LogP contribution >= 0.6 is 11.6 Å². The van der Waals surface area contributed by atoms with Crippen LogP contribution in [0.5, 0.6) is 0 Å². The van der Waals surface area contributed by atoms with Crippen LogP contribution in [-0.4, -0.2) is 11.8 Å². The molecule has 78 valence electrons. The molecule has 0 radical (unpaired) electrons. The van der Waals surface area contributed by atoms with Gasteiger partial charge in [0.15, 0.2) is 0 Å². The zero-order valence-corrected chi connectivity index (χ0v) is 8.76. The zero-order valence-electron chi connectivity index (χ0n) is 8.00. The van der Waals surface area contributed by atoms with Gasteiger partial charge in [0.1, 0.15) is 6.04 Å². The van der Waals surface area contributed by atoms with Crippen LogP contribution in [0.4, 0.5) is 5.69 Å². The fourth-order valence-electron chi connectivity index (χ4n) is 1.58. The standard InChI is InChI=1S/C10H9ClN2O2/c1-5(14)12-9-7-4-6(11)2-3-8(7)13-10(9)15/h2-4,9H,1H3,(H,12,14)(H,13,15)/t9-/m1/s1.